The highest BCUT2D eigenvalue weighted by Gasteiger charge is 2.25. The molecule has 2 unspecified atom stereocenters. The average molecular weight is 756 g/mol. The highest BCUT2D eigenvalue weighted by Crippen LogP contribution is 2.34. The number of hydrogen-bond donors (Lipinski definition) is 4. The zero-order valence-electron chi connectivity index (χ0n) is 31.7. The van der Waals surface area contributed by atoms with Gasteiger partial charge in [0.05, 0.1) is 23.7 Å². The molecule has 0 saturated carbocycles. The summed E-state index contributed by atoms with van der Waals surface area (Å²) in [7, 11) is 1.61. The van der Waals surface area contributed by atoms with Gasteiger partial charge in [-0.25, -0.2) is 14.5 Å². The number of rotatable bonds is 13. The minimum Gasteiger partial charge on any atom is -0.438 e. The number of amides is 3. The van der Waals surface area contributed by atoms with Crippen LogP contribution in [0.2, 0.25) is 0 Å². The van der Waals surface area contributed by atoms with E-state index in [9.17, 15) is 9.59 Å². The Bertz CT molecular complexity index is 2280. The van der Waals surface area contributed by atoms with E-state index in [4.69, 9.17) is 19.3 Å². The number of anilines is 3. The number of aryl methyl sites for hydroxylation is 1. The van der Waals surface area contributed by atoms with Crippen LogP contribution in [0.25, 0.3) is 16.5 Å². The van der Waals surface area contributed by atoms with Crippen molar-refractivity contribution in [3.63, 3.8) is 0 Å². The molecule has 7 rings (SSSR count). The van der Waals surface area contributed by atoms with Gasteiger partial charge in [0, 0.05) is 61.4 Å². The van der Waals surface area contributed by atoms with E-state index in [1.807, 2.05) is 79.7 Å². The number of nitrogens with one attached hydrogen (secondary N) is 4. The monoisotopic (exact) mass is 755 g/mol. The van der Waals surface area contributed by atoms with Gasteiger partial charge in [-0.1, -0.05) is 74.0 Å². The first-order chi connectivity index (χ1) is 27.2. The number of fused-ring (bicyclic) bond motifs is 1. The molecule has 1 aliphatic rings. The summed E-state index contributed by atoms with van der Waals surface area (Å²) < 4.78 is 19.1. The number of aromatic nitrogens is 4. The van der Waals surface area contributed by atoms with Crippen molar-refractivity contribution in [2.45, 2.75) is 39.1 Å². The van der Waals surface area contributed by atoms with Gasteiger partial charge in [-0.2, -0.15) is 10.1 Å². The second-order valence-electron chi connectivity index (χ2n) is 13.7. The van der Waals surface area contributed by atoms with Crippen LogP contribution in [0.3, 0.4) is 0 Å². The molecule has 14 heteroatoms. The molecule has 288 valence electrons. The Hall–Kier alpha value is -6.35. The molecule has 0 spiro atoms. The lowest BCUT2D eigenvalue weighted by Gasteiger charge is -2.34. The molecule has 4 N–H and O–H groups in total. The third kappa shape index (κ3) is 9.29. The van der Waals surface area contributed by atoms with E-state index >= 15 is 0 Å². The number of morpholine rings is 1. The summed E-state index contributed by atoms with van der Waals surface area (Å²) in [4.78, 5) is 37.9. The minimum atomic E-state index is -0.557. The maximum Gasteiger partial charge on any atom is 0.324 e. The molecule has 0 radical (unpaired) electrons. The highest BCUT2D eigenvalue weighted by molar-refractivity contribution is 6.07. The van der Waals surface area contributed by atoms with Crippen molar-refractivity contribution in [2.24, 2.45) is 0 Å². The number of carbonyl (C=O) groups excluding carboxylic acids is 2. The van der Waals surface area contributed by atoms with Crippen molar-refractivity contribution in [1.29, 1.82) is 0 Å². The van der Waals surface area contributed by atoms with Crippen molar-refractivity contribution in [1.82, 2.24) is 30.0 Å². The fraction of sp³-hybridized carbons (Fsp3) is 0.262. The number of carbonyl (C=O) groups is 2. The molecule has 2 aromatic heterocycles. The van der Waals surface area contributed by atoms with E-state index in [0.717, 1.165) is 27.7 Å². The Morgan fingerprint density at radius 2 is 1.70 bits per heavy atom. The van der Waals surface area contributed by atoms with Crippen molar-refractivity contribution in [3.05, 3.63) is 126 Å². The maximum absolute atomic E-state index is 13.5. The van der Waals surface area contributed by atoms with Gasteiger partial charge >= 0.3 is 6.03 Å². The normalized spacial score (nSPS) is 15.0. The van der Waals surface area contributed by atoms with E-state index in [-0.39, 0.29) is 29.9 Å². The summed E-state index contributed by atoms with van der Waals surface area (Å²) >= 11 is 0. The largest absolute Gasteiger partial charge is 0.438 e. The zero-order valence-corrected chi connectivity index (χ0v) is 31.7. The van der Waals surface area contributed by atoms with Crippen molar-refractivity contribution >= 4 is 40.2 Å². The van der Waals surface area contributed by atoms with Crippen molar-refractivity contribution in [2.75, 3.05) is 49.3 Å². The first-order valence-electron chi connectivity index (χ1n) is 18.5. The van der Waals surface area contributed by atoms with Gasteiger partial charge in [0.2, 0.25) is 11.8 Å². The van der Waals surface area contributed by atoms with Crippen LogP contribution in [0.5, 0.6) is 11.6 Å². The summed E-state index contributed by atoms with van der Waals surface area (Å²) in [5.41, 5.74) is 3.97. The number of benzene rings is 4. The molecule has 6 aromatic rings. The fourth-order valence-corrected chi connectivity index (χ4v) is 6.32. The van der Waals surface area contributed by atoms with Crippen molar-refractivity contribution in [3.8, 4) is 17.3 Å². The van der Waals surface area contributed by atoms with Crippen LogP contribution in [0, 0.1) is 6.92 Å². The van der Waals surface area contributed by atoms with Gasteiger partial charge < -0.3 is 30.2 Å². The smallest absolute Gasteiger partial charge is 0.324 e. The van der Waals surface area contributed by atoms with E-state index in [2.05, 4.69) is 50.0 Å². The lowest BCUT2D eigenvalue weighted by atomic mass is 10.1. The fourth-order valence-electron chi connectivity index (χ4n) is 6.32. The highest BCUT2D eigenvalue weighted by atomic mass is 16.7. The zero-order chi connectivity index (χ0) is 39.0. The minimum absolute atomic E-state index is 0.171. The molecule has 14 nitrogen and oxygen atoms in total. The molecule has 0 bridgehead atoms. The molecule has 3 amide bonds. The van der Waals surface area contributed by atoms with Crippen LogP contribution in [-0.4, -0.2) is 82.4 Å². The van der Waals surface area contributed by atoms with Gasteiger partial charge in [-0.15, -0.1) is 0 Å². The van der Waals surface area contributed by atoms with Crippen molar-refractivity contribution < 1.29 is 23.8 Å². The number of nitrogens with zero attached hydrogens (tertiary/aromatic N) is 5. The molecule has 56 heavy (non-hydrogen) atoms. The quantitative estimate of drug-likeness (QED) is 0.0893. The first-order valence-corrected chi connectivity index (χ1v) is 18.5. The summed E-state index contributed by atoms with van der Waals surface area (Å²) in [5, 5.41) is 18.7. The standard InChI is InChI=1S/C42H45N9O5/c1-27(2)34-24-37(51(49-34)30-16-14-28(3)15-17-30)47-42(53)44-33-18-19-35(32-13-9-8-12-31(32)33)56-38-20-21-43-41(48-38)46-36(25-50-22-23-55-39(26-50)54-4)45-40(52)29-10-6-5-7-11-29/h5-21,24,27,36,39H,22-23,25-26H2,1-4H3,(H,45,52)(H,43,46,48)(H2,44,47,53). The van der Waals surface area contributed by atoms with Gasteiger partial charge in [-0.05, 0) is 49.2 Å². The van der Waals surface area contributed by atoms with Crippen LogP contribution in [0.15, 0.2) is 109 Å². The van der Waals surface area contributed by atoms with Crippen LogP contribution < -0.4 is 26.0 Å². The Morgan fingerprint density at radius 3 is 2.46 bits per heavy atom. The second kappa shape index (κ2) is 17.4. The van der Waals surface area contributed by atoms with Crippen LogP contribution in [0.1, 0.15) is 41.4 Å². The topological polar surface area (TPSA) is 157 Å². The predicted molar refractivity (Wildman–Crippen MR) is 216 cm³/mol. The first kappa shape index (κ1) is 37.9. The van der Waals surface area contributed by atoms with E-state index in [0.29, 0.717) is 49.1 Å². The Labute approximate surface area is 325 Å². The van der Waals surface area contributed by atoms with Gasteiger partial charge in [0.25, 0.3) is 5.91 Å². The maximum atomic E-state index is 13.5. The molecule has 1 saturated heterocycles. The van der Waals surface area contributed by atoms with E-state index < -0.39 is 12.2 Å². The molecule has 1 fully saturated rings. The Kier molecular flexibility index (Phi) is 11.8. The third-order valence-electron chi connectivity index (χ3n) is 9.28. The lowest BCUT2D eigenvalue weighted by Crippen LogP contribution is -2.53. The number of urea groups is 1. The van der Waals surface area contributed by atoms with Gasteiger partial charge in [0.1, 0.15) is 17.7 Å². The van der Waals surface area contributed by atoms with Crippen LogP contribution in [-0.2, 0) is 9.47 Å². The lowest BCUT2D eigenvalue weighted by molar-refractivity contribution is -0.164. The molecule has 2 atom stereocenters. The van der Waals surface area contributed by atoms with Crippen LogP contribution >= 0.6 is 0 Å². The van der Waals surface area contributed by atoms with Gasteiger partial charge in [-0.3, -0.25) is 15.0 Å². The third-order valence-corrected chi connectivity index (χ3v) is 9.28. The molecule has 3 heterocycles. The molecule has 4 aromatic carbocycles. The summed E-state index contributed by atoms with van der Waals surface area (Å²) in [5.74, 6) is 1.57. The predicted octanol–water partition coefficient (Wildman–Crippen LogP) is 7.16. The summed E-state index contributed by atoms with van der Waals surface area (Å²) in [6.45, 7) is 8.30. The van der Waals surface area contributed by atoms with E-state index in [1.54, 1.807) is 48.3 Å². The summed E-state index contributed by atoms with van der Waals surface area (Å²) in [6.07, 6.45) is 0.670. The summed E-state index contributed by atoms with van der Waals surface area (Å²) in [6, 6.07) is 31.3. The second-order valence-corrected chi connectivity index (χ2v) is 13.7. The number of methoxy groups -OCH3 is 1. The Morgan fingerprint density at radius 1 is 0.929 bits per heavy atom. The van der Waals surface area contributed by atoms with Gasteiger partial charge in [0.15, 0.2) is 6.29 Å². The molecular weight excluding hydrogens is 711 g/mol. The molecule has 0 aliphatic carbocycles. The van der Waals surface area contributed by atoms with Crippen LogP contribution in [0.4, 0.5) is 22.2 Å². The number of ether oxygens (including phenoxy) is 3. The van der Waals surface area contributed by atoms with E-state index in [1.165, 1.54) is 0 Å². The number of hydrogen-bond acceptors (Lipinski definition) is 10. The Balaban J connectivity index is 1.07. The molecular formula is C42H45N9O5. The molecule has 1 aliphatic heterocycles. The SMILES string of the molecule is COC1CN(CC(NC(=O)c2ccccc2)Nc2nccc(Oc3ccc(NC(=O)Nc4cc(C(C)C)nn4-c4ccc(C)cc4)c4ccccc34)n2)CCO1. The average Bonchev–Trinajstić information content (AvgIpc) is 3.63.